The number of benzene rings is 2. The van der Waals surface area contributed by atoms with Crippen LogP contribution in [0, 0.1) is 0 Å². The standard InChI is InChI=1S/C23H26Cl2N2O4/c1-14-22-15(10-16(24)11-18(22)25)6-7-27(14)23(28)21-13-26(8-9-31-21)17-4-5-19(29-2)20(12-17)30-3/h4-5,10-12,14,21H,6-9,13H2,1-3H3/t14-,21+/m0/s1. The number of hydrogen-bond donors (Lipinski definition) is 0. The van der Waals surface area contributed by atoms with Crippen molar-refractivity contribution >= 4 is 34.8 Å². The number of hydrogen-bond acceptors (Lipinski definition) is 5. The minimum atomic E-state index is -0.545. The molecule has 2 heterocycles. The van der Waals surface area contributed by atoms with Gasteiger partial charge in [-0.15, -0.1) is 0 Å². The molecule has 0 radical (unpaired) electrons. The highest BCUT2D eigenvalue weighted by atomic mass is 35.5. The second-order valence-electron chi connectivity index (χ2n) is 7.76. The van der Waals surface area contributed by atoms with Crippen LogP contribution >= 0.6 is 23.2 Å². The zero-order chi connectivity index (χ0) is 22.1. The van der Waals surface area contributed by atoms with Crippen LogP contribution in [0.15, 0.2) is 30.3 Å². The lowest BCUT2D eigenvalue weighted by Gasteiger charge is -2.40. The topological polar surface area (TPSA) is 51.2 Å². The van der Waals surface area contributed by atoms with Gasteiger partial charge in [-0.25, -0.2) is 0 Å². The lowest BCUT2D eigenvalue weighted by atomic mass is 9.93. The van der Waals surface area contributed by atoms with E-state index in [-0.39, 0.29) is 11.9 Å². The van der Waals surface area contributed by atoms with Crippen LogP contribution in [-0.2, 0) is 16.0 Å². The molecule has 0 aliphatic carbocycles. The smallest absolute Gasteiger partial charge is 0.254 e. The van der Waals surface area contributed by atoms with Crippen LogP contribution < -0.4 is 14.4 Å². The summed E-state index contributed by atoms with van der Waals surface area (Å²) in [5.41, 5.74) is 3.04. The van der Waals surface area contributed by atoms with Crippen molar-refractivity contribution in [3.8, 4) is 11.5 Å². The van der Waals surface area contributed by atoms with E-state index in [4.69, 9.17) is 37.4 Å². The molecule has 6 nitrogen and oxygen atoms in total. The van der Waals surface area contributed by atoms with Gasteiger partial charge in [0.2, 0.25) is 0 Å². The van der Waals surface area contributed by atoms with Crippen molar-refractivity contribution in [1.29, 1.82) is 0 Å². The van der Waals surface area contributed by atoms with Gasteiger partial charge in [-0.2, -0.15) is 0 Å². The molecule has 1 fully saturated rings. The van der Waals surface area contributed by atoms with Gasteiger partial charge in [0.25, 0.3) is 5.91 Å². The summed E-state index contributed by atoms with van der Waals surface area (Å²) in [6, 6.07) is 9.31. The molecule has 31 heavy (non-hydrogen) atoms. The van der Waals surface area contributed by atoms with Crippen LogP contribution in [0.3, 0.4) is 0 Å². The van der Waals surface area contributed by atoms with E-state index in [1.807, 2.05) is 36.1 Å². The Morgan fingerprint density at radius 2 is 1.87 bits per heavy atom. The maximum absolute atomic E-state index is 13.4. The Morgan fingerprint density at radius 1 is 1.10 bits per heavy atom. The number of fused-ring (bicyclic) bond motifs is 1. The minimum absolute atomic E-state index is 0.0191. The van der Waals surface area contributed by atoms with Crippen molar-refractivity contribution in [1.82, 2.24) is 4.90 Å². The van der Waals surface area contributed by atoms with Crippen molar-refractivity contribution in [3.05, 3.63) is 51.5 Å². The lowest BCUT2D eigenvalue weighted by Crippen LogP contribution is -2.52. The Morgan fingerprint density at radius 3 is 2.61 bits per heavy atom. The third-order valence-electron chi connectivity index (χ3n) is 6.04. The van der Waals surface area contributed by atoms with Crippen LogP contribution in [0.25, 0.3) is 0 Å². The lowest BCUT2D eigenvalue weighted by molar-refractivity contribution is -0.147. The normalized spacial score (nSPS) is 20.9. The Bertz CT molecular complexity index is 984. The van der Waals surface area contributed by atoms with E-state index in [1.54, 1.807) is 20.3 Å². The van der Waals surface area contributed by atoms with Gasteiger partial charge < -0.3 is 24.0 Å². The van der Waals surface area contributed by atoms with Gasteiger partial charge in [-0.05, 0) is 48.7 Å². The molecule has 166 valence electrons. The summed E-state index contributed by atoms with van der Waals surface area (Å²) in [5, 5.41) is 1.22. The number of carbonyl (C=O) groups is 1. The summed E-state index contributed by atoms with van der Waals surface area (Å²) >= 11 is 12.6. The molecular formula is C23H26Cl2N2O4. The van der Waals surface area contributed by atoms with E-state index in [0.717, 1.165) is 23.2 Å². The molecule has 2 aromatic rings. The number of amides is 1. The third-order valence-corrected chi connectivity index (χ3v) is 6.58. The predicted molar refractivity (Wildman–Crippen MR) is 122 cm³/mol. The van der Waals surface area contributed by atoms with Crippen molar-refractivity contribution < 1.29 is 19.0 Å². The van der Waals surface area contributed by atoms with E-state index in [9.17, 15) is 4.79 Å². The molecule has 0 N–H and O–H groups in total. The average molecular weight is 465 g/mol. The van der Waals surface area contributed by atoms with E-state index in [1.165, 1.54) is 0 Å². The first-order valence-electron chi connectivity index (χ1n) is 10.3. The summed E-state index contributed by atoms with van der Waals surface area (Å²) in [5.74, 6) is 1.31. The molecule has 1 amide bonds. The number of rotatable bonds is 4. The number of methoxy groups -OCH3 is 2. The predicted octanol–water partition coefficient (Wildman–Crippen LogP) is 4.36. The highest BCUT2D eigenvalue weighted by Crippen LogP contribution is 2.38. The summed E-state index contributed by atoms with van der Waals surface area (Å²) in [7, 11) is 3.22. The molecule has 4 rings (SSSR count). The van der Waals surface area contributed by atoms with E-state index in [2.05, 4.69) is 4.90 Å². The van der Waals surface area contributed by atoms with Crippen molar-refractivity contribution in [2.45, 2.75) is 25.5 Å². The Labute approximate surface area is 192 Å². The SMILES string of the molecule is COc1ccc(N2CCO[C@@H](C(=O)N3CCc4cc(Cl)cc(Cl)c4[C@@H]3C)C2)cc1OC. The summed E-state index contributed by atoms with van der Waals surface area (Å²) in [6.45, 7) is 4.26. The fourth-order valence-electron chi connectivity index (χ4n) is 4.44. The summed E-state index contributed by atoms with van der Waals surface area (Å²) in [4.78, 5) is 17.4. The highest BCUT2D eigenvalue weighted by Gasteiger charge is 2.36. The molecule has 2 aromatic carbocycles. The second-order valence-corrected chi connectivity index (χ2v) is 8.61. The monoisotopic (exact) mass is 464 g/mol. The minimum Gasteiger partial charge on any atom is -0.493 e. The van der Waals surface area contributed by atoms with Crippen molar-refractivity contribution in [2.24, 2.45) is 0 Å². The fraction of sp³-hybridized carbons (Fsp3) is 0.435. The molecule has 0 bridgehead atoms. The van der Waals surface area contributed by atoms with Gasteiger partial charge in [0.15, 0.2) is 17.6 Å². The zero-order valence-corrected chi connectivity index (χ0v) is 19.4. The Hall–Kier alpha value is -2.15. The largest absolute Gasteiger partial charge is 0.493 e. The van der Waals surface area contributed by atoms with Crippen molar-refractivity contribution in [2.75, 3.05) is 45.4 Å². The highest BCUT2D eigenvalue weighted by molar-refractivity contribution is 6.35. The zero-order valence-electron chi connectivity index (χ0n) is 17.9. The Balaban J connectivity index is 1.52. The molecule has 0 spiro atoms. The van der Waals surface area contributed by atoms with Gasteiger partial charge in [0.1, 0.15) is 0 Å². The van der Waals surface area contributed by atoms with Crippen LogP contribution in [0.1, 0.15) is 24.1 Å². The molecule has 8 heteroatoms. The van der Waals surface area contributed by atoms with Crippen LogP contribution in [0.2, 0.25) is 10.0 Å². The van der Waals surface area contributed by atoms with Gasteiger partial charge in [-0.3, -0.25) is 4.79 Å². The quantitative estimate of drug-likeness (QED) is 0.672. The van der Waals surface area contributed by atoms with Gasteiger partial charge in [0.05, 0.1) is 33.4 Å². The molecule has 0 unspecified atom stereocenters. The first-order valence-corrected chi connectivity index (χ1v) is 11.1. The number of ether oxygens (including phenoxy) is 3. The molecule has 1 saturated heterocycles. The molecule has 2 aliphatic heterocycles. The molecule has 0 saturated carbocycles. The molecular weight excluding hydrogens is 439 g/mol. The van der Waals surface area contributed by atoms with Gasteiger partial charge in [0, 0.05) is 34.9 Å². The van der Waals surface area contributed by atoms with Gasteiger partial charge in [-0.1, -0.05) is 23.2 Å². The van der Waals surface area contributed by atoms with E-state index >= 15 is 0 Å². The Kier molecular flexibility index (Phi) is 6.51. The van der Waals surface area contributed by atoms with Crippen LogP contribution in [-0.4, -0.2) is 57.4 Å². The fourth-order valence-corrected chi connectivity index (χ4v) is 5.14. The van der Waals surface area contributed by atoms with E-state index in [0.29, 0.717) is 47.8 Å². The number of nitrogens with zero attached hydrogens (tertiary/aromatic N) is 2. The van der Waals surface area contributed by atoms with Crippen LogP contribution in [0.5, 0.6) is 11.5 Å². The van der Waals surface area contributed by atoms with E-state index < -0.39 is 6.10 Å². The number of halogens is 2. The average Bonchev–Trinajstić information content (AvgIpc) is 2.78. The maximum atomic E-state index is 13.4. The number of morpholine rings is 1. The summed E-state index contributed by atoms with van der Waals surface area (Å²) in [6.07, 6.45) is 0.176. The first-order chi connectivity index (χ1) is 14.9. The molecule has 2 aliphatic rings. The third kappa shape index (κ3) is 4.29. The number of carbonyl (C=O) groups excluding carboxylic acids is 1. The number of anilines is 1. The van der Waals surface area contributed by atoms with Crippen molar-refractivity contribution in [3.63, 3.8) is 0 Å². The molecule has 2 atom stereocenters. The summed E-state index contributed by atoms with van der Waals surface area (Å²) < 4.78 is 16.6. The second kappa shape index (κ2) is 9.15. The van der Waals surface area contributed by atoms with Gasteiger partial charge >= 0.3 is 0 Å². The maximum Gasteiger partial charge on any atom is 0.254 e. The first kappa shape index (κ1) is 22.1. The van der Waals surface area contributed by atoms with Crippen LogP contribution in [0.4, 0.5) is 5.69 Å². The molecule has 0 aromatic heterocycles.